The van der Waals surface area contributed by atoms with Gasteiger partial charge in [0, 0.05) is 0 Å². The molecule has 0 bridgehead atoms. The number of nitrogens with two attached hydrogens (primary N) is 2. The Morgan fingerprint density at radius 3 is 1.56 bits per heavy atom. The van der Waals surface area contributed by atoms with Crippen LogP contribution >= 0.6 is 0 Å². The molecule has 9 heavy (non-hydrogen) atoms. The molecule has 0 aromatic rings. The fourth-order valence-corrected chi connectivity index (χ4v) is 0. The Morgan fingerprint density at radius 2 is 1.56 bits per heavy atom. The molecule has 0 rings (SSSR count). The summed E-state index contributed by atoms with van der Waals surface area (Å²) in [5, 5.41) is 4.69. The number of hydrogen-bond acceptors (Lipinski definition) is 4. The summed E-state index contributed by atoms with van der Waals surface area (Å²) in [6.07, 6.45) is 0. The summed E-state index contributed by atoms with van der Waals surface area (Å²) < 4.78 is 34.4. The summed E-state index contributed by atoms with van der Waals surface area (Å²) in [7, 11) is 0. The van der Waals surface area contributed by atoms with Crippen molar-refractivity contribution in [3.63, 3.8) is 0 Å². The predicted octanol–water partition coefficient (Wildman–Crippen LogP) is -6.32. The fourth-order valence-electron chi connectivity index (χ4n) is 0. The Labute approximate surface area is 53.2 Å². The van der Waals surface area contributed by atoms with E-state index >= 15 is 0 Å². The average Bonchev–Trinajstić information content (AvgIpc) is 1.19. The van der Waals surface area contributed by atoms with Crippen molar-refractivity contribution in [2.45, 2.75) is 0 Å². The van der Waals surface area contributed by atoms with Gasteiger partial charge in [0.2, 0.25) is 0 Å². The van der Waals surface area contributed by atoms with Gasteiger partial charge in [-0.25, -0.2) is 11.1 Å². The molecule has 0 fully saturated rings. The second-order valence-electron chi connectivity index (χ2n) is 0.983. The van der Waals surface area contributed by atoms with E-state index in [2.05, 4.69) is 5.73 Å². The van der Waals surface area contributed by atoms with Gasteiger partial charge < -0.3 is 0 Å². The van der Waals surface area contributed by atoms with Crippen LogP contribution in [0, 0.1) is 0 Å². The first kappa shape index (κ1) is 11.3. The van der Waals surface area contributed by atoms with Crippen LogP contribution in [0.15, 0.2) is 0 Å². The molecule has 0 aliphatic rings. The first-order valence-corrected chi connectivity index (χ1v) is 3.68. The zero-order valence-corrected chi connectivity index (χ0v) is 5.68. The molecule has 0 amide bonds. The molecule has 0 aromatic carbocycles. The van der Waals surface area contributed by atoms with E-state index in [1.165, 1.54) is 0 Å². The average molecular weight is 177 g/mol. The first-order chi connectivity index (χ1) is 3.73. The second kappa shape index (κ2) is 4.37. The minimum absolute atomic E-state index is 0.167. The third-order valence-electron chi connectivity index (χ3n) is 0. The SMILES string of the molecule is NC(=[NH2+])[NH3+].[O]=[Cr](=[O])([O-])[O-]. The number of rotatable bonds is 0. The number of hydrogen-bond donors (Lipinski definition) is 3. The molecule has 0 aliphatic carbocycles. The van der Waals surface area contributed by atoms with Crippen molar-refractivity contribution in [2.24, 2.45) is 5.73 Å². The third kappa shape index (κ3) is 840. The molecule has 0 aliphatic heterocycles. The van der Waals surface area contributed by atoms with E-state index in [4.69, 9.17) is 27.1 Å². The Morgan fingerprint density at radius 1 is 1.56 bits per heavy atom. The van der Waals surface area contributed by atoms with E-state index in [0.717, 1.165) is 0 Å². The van der Waals surface area contributed by atoms with E-state index in [9.17, 15) is 0 Å². The summed E-state index contributed by atoms with van der Waals surface area (Å²) in [4.78, 5) is 0. The standard InChI is InChI=1S/CH5N3.Cr.4O/c2-1(3)4;;;;;/h(H5,2,3,4);;;;;/q;;;;2*-1/p+2. The van der Waals surface area contributed by atoms with Gasteiger partial charge in [0.25, 0.3) is 0 Å². The van der Waals surface area contributed by atoms with Crippen LogP contribution in [0.4, 0.5) is 0 Å². The quantitative estimate of drug-likeness (QED) is 0.247. The molecule has 0 aromatic heterocycles. The van der Waals surface area contributed by atoms with E-state index in [0.29, 0.717) is 0 Å². The predicted molar refractivity (Wildman–Crippen MR) is 15.4 cm³/mol. The maximum absolute atomic E-state index is 8.59. The van der Waals surface area contributed by atoms with Gasteiger partial charge >= 0.3 is 35.5 Å². The van der Waals surface area contributed by atoms with E-state index < -0.39 is 13.6 Å². The molecular formula is CH7CrN3O4. The van der Waals surface area contributed by atoms with Crippen LogP contribution in [0.2, 0.25) is 0 Å². The van der Waals surface area contributed by atoms with Crippen molar-refractivity contribution >= 4 is 5.96 Å². The van der Waals surface area contributed by atoms with Gasteiger partial charge in [0.05, 0.1) is 0 Å². The summed E-state index contributed by atoms with van der Waals surface area (Å²) in [5.41, 5.74) is 7.81. The van der Waals surface area contributed by atoms with Crippen LogP contribution in [-0.4, -0.2) is 5.96 Å². The number of guanidine groups is 1. The Bertz CT molecular complexity index is 158. The molecule has 0 spiro atoms. The van der Waals surface area contributed by atoms with Crippen LogP contribution in [-0.2, 0) is 21.2 Å². The summed E-state index contributed by atoms with van der Waals surface area (Å²) in [6.45, 7) is 0. The van der Waals surface area contributed by atoms with Crippen LogP contribution in [0.3, 0.4) is 0 Å². The molecule has 56 valence electrons. The molecule has 8 heteroatoms. The third-order valence-corrected chi connectivity index (χ3v) is 0. The van der Waals surface area contributed by atoms with Crippen molar-refractivity contribution in [3.8, 4) is 0 Å². The molecule has 7 N–H and O–H groups in total. The molecule has 0 atom stereocenters. The zero-order valence-electron chi connectivity index (χ0n) is 4.40. The van der Waals surface area contributed by atoms with E-state index in [1.807, 2.05) is 0 Å². The topological polar surface area (TPSA) is 160 Å². The van der Waals surface area contributed by atoms with Crippen LogP contribution < -0.4 is 25.2 Å². The summed E-state index contributed by atoms with van der Waals surface area (Å²) in [5.74, 6) is 0.167. The Hall–Kier alpha value is -0.518. The molecule has 0 radical (unpaired) electrons. The fraction of sp³-hybridized carbons (Fsp3) is 0. The van der Waals surface area contributed by atoms with E-state index in [-0.39, 0.29) is 5.96 Å². The van der Waals surface area contributed by atoms with Gasteiger partial charge in [-0.15, -0.1) is 0 Å². The summed E-state index contributed by atoms with van der Waals surface area (Å²) in [6, 6.07) is 0. The van der Waals surface area contributed by atoms with Crippen molar-refractivity contribution in [2.75, 3.05) is 0 Å². The molecular weight excluding hydrogens is 170 g/mol. The van der Waals surface area contributed by atoms with Crippen molar-refractivity contribution < 1.29 is 40.7 Å². The van der Waals surface area contributed by atoms with Gasteiger partial charge in [-0.2, -0.15) is 0 Å². The van der Waals surface area contributed by atoms with Crippen molar-refractivity contribution in [3.05, 3.63) is 0 Å². The Balaban J connectivity index is 0. The number of quaternary nitrogens is 1. The monoisotopic (exact) mass is 177 g/mol. The summed E-state index contributed by atoms with van der Waals surface area (Å²) >= 11 is -5.75. The van der Waals surface area contributed by atoms with Gasteiger partial charge in [0.15, 0.2) is 0 Å². The zero-order chi connectivity index (χ0) is 8.08. The molecule has 0 saturated carbocycles. The van der Waals surface area contributed by atoms with Gasteiger partial charge in [-0.1, -0.05) is 0 Å². The van der Waals surface area contributed by atoms with Gasteiger partial charge in [-0.3, -0.25) is 5.73 Å². The van der Waals surface area contributed by atoms with Crippen LogP contribution in [0.25, 0.3) is 0 Å². The Kier molecular flexibility index (Phi) is 5.49. The second-order valence-corrected chi connectivity index (χ2v) is 2.26. The van der Waals surface area contributed by atoms with Crippen molar-refractivity contribution in [1.29, 1.82) is 0 Å². The molecule has 0 saturated heterocycles. The minimum atomic E-state index is -5.75. The van der Waals surface area contributed by atoms with Gasteiger partial charge in [0.1, 0.15) is 0 Å². The van der Waals surface area contributed by atoms with E-state index in [1.54, 1.807) is 0 Å². The molecule has 0 heterocycles. The van der Waals surface area contributed by atoms with Crippen LogP contribution in [0.5, 0.6) is 0 Å². The first-order valence-electron chi connectivity index (χ1n) is 1.60. The van der Waals surface area contributed by atoms with Crippen LogP contribution in [0.1, 0.15) is 0 Å². The van der Waals surface area contributed by atoms with Crippen molar-refractivity contribution in [1.82, 2.24) is 0 Å². The molecule has 0 unspecified atom stereocenters. The van der Waals surface area contributed by atoms with Gasteiger partial charge in [-0.05, 0) is 0 Å². The maximum atomic E-state index is 8.59. The molecule has 7 nitrogen and oxygen atoms in total. The normalized spacial score (nSPS) is 9.22.